The Hall–Kier alpha value is -1.03. The average Bonchev–Trinajstić information content (AvgIpc) is 2.49. The van der Waals surface area contributed by atoms with Gasteiger partial charge < -0.3 is 0 Å². The van der Waals surface area contributed by atoms with E-state index in [4.69, 9.17) is 0 Å². The first-order valence-electron chi connectivity index (χ1n) is 6.91. The molecule has 0 saturated heterocycles. The second-order valence-corrected chi connectivity index (χ2v) is 9.87. The summed E-state index contributed by atoms with van der Waals surface area (Å²) in [6, 6.07) is 22.0. The molecular weight excluding hydrogens is 344 g/mol. The molecule has 0 saturated carbocycles. The standard InChI is InChI=1S/C18H21Te/c1-2-3-4-11-16-19(17-12-7-5-8-13-17)18-14-9-6-10-15-18/h5-16H,2-4H2,1H3/q+1/b16-11+. The van der Waals surface area contributed by atoms with Crippen LogP contribution in [-0.4, -0.2) is 19.6 Å². The Kier molecular flexibility index (Phi) is 6.21. The van der Waals surface area contributed by atoms with Crippen LogP contribution in [0.25, 0.3) is 0 Å². The van der Waals surface area contributed by atoms with Crippen molar-refractivity contribution in [3.05, 3.63) is 70.9 Å². The zero-order valence-electron chi connectivity index (χ0n) is 11.5. The van der Waals surface area contributed by atoms with E-state index in [9.17, 15) is 0 Å². The van der Waals surface area contributed by atoms with Gasteiger partial charge in [-0.25, -0.2) is 0 Å². The van der Waals surface area contributed by atoms with Gasteiger partial charge in [0.25, 0.3) is 0 Å². The number of allylic oxidation sites excluding steroid dienone is 1. The molecule has 0 aromatic heterocycles. The van der Waals surface area contributed by atoms with E-state index in [0.29, 0.717) is 0 Å². The van der Waals surface area contributed by atoms with Crippen LogP contribution in [0.15, 0.2) is 70.9 Å². The molecule has 0 bridgehead atoms. The molecule has 0 nitrogen and oxygen atoms in total. The van der Waals surface area contributed by atoms with Gasteiger partial charge in [0, 0.05) is 0 Å². The summed E-state index contributed by atoms with van der Waals surface area (Å²) < 4.78 is 5.58. The van der Waals surface area contributed by atoms with Crippen molar-refractivity contribution < 1.29 is 0 Å². The molecule has 0 aliphatic heterocycles. The maximum atomic E-state index is 2.52. The molecule has 0 spiro atoms. The summed E-state index contributed by atoms with van der Waals surface area (Å²) in [5, 5.41) is 0. The van der Waals surface area contributed by atoms with E-state index in [1.807, 2.05) is 0 Å². The fourth-order valence-electron chi connectivity index (χ4n) is 1.91. The molecule has 98 valence electrons. The first-order chi connectivity index (χ1) is 9.42. The normalized spacial score (nSPS) is 11.3. The predicted octanol–water partition coefficient (Wildman–Crippen LogP) is 3.58. The Bertz CT molecular complexity index is 448. The summed E-state index contributed by atoms with van der Waals surface area (Å²) in [6.45, 7) is 2.25. The van der Waals surface area contributed by atoms with Crippen LogP contribution in [-0.2, 0) is 0 Å². The number of benzene rings is 2. The van der Waals surface area contributed by atoms with E-state index in [-0.39, 0.29) is 0 Å². The van der Waals surface area contributed by atoms with Crippen molar-refractivity contribution in [2.75, 3.05) is 0 Å². The molecule has 0 N–H and O–H groups in total. The van der Waals surface area contributed by atoms with Crippen LogP contribution in [0.3, 0.4) is 0 Å². The Morgan fingerprint density at radius 3 is 1.84 bits per heavy atom. The Balaban J connectivity index is 2.22. The molecule has 19 heavy (non-hydrogen) atoms. The third kappa shape index (κ3) is 4.53. The van der Waals surface area contributed by atoms with Crippen LogP contribution >= 0.6 is 0 Å². The molecule has 0 unspecified atom stereocenters. The number of unbranched alkanes of at least 4 members (excludes halogenated alkanes) is 2. The van der Waals surface area contributed by atoms with Gasteiger partial charge in [-0.05, 0) is 0 Å². The van der Waals surface area contributed by atoms with E-state index in [1.165, 1.54) is 26.5 Å². The number of hydrogen-bond donors (Lipinski definition) is 0. The van der Waals surface area contributed by atoms with Crippen molar-refractivity contribution in [3.63, 3.8) is 0 Å². The van der Waals surface area contributed by atoms with E-state index < -0.39 is 19.6 Å². The minimum atomic E-state index is -1.52. The van der Waals surface area contributed by atoms with Crippen molar-refractivity contribution in [2.45, 2.75) is 26.2 Å². The van der Waals surface area contributed by atoms with Gasteiger partial charge in [0.1, 0.15) is 0 Å². The summed E-state index contributed by atoms with van der Waals surface area (Å²) in [6.07, 6.45) is 6.19. The molecular formula is C18H21Te+. The molecule has 1 heteroatoms. The summed E-state index contributed by atoms with van der Waals surface area (Å²) in [5.74, 6) is 0. The SMILES string of the molecule is CCCC/C=C/[Te+](c1ccccc1)c1ccccc1. The fourth-order valence-corrected chi connectivity index (χ4v) is 7.10. The molecule has 2 rings (SSSR count). The minimum absolute atomic E-state index is 1.22. The third-order valence-electron chi connectivity index (χ3n) is 2.95. The molecule has 0 aliphatic rings. The van der Waals surface area contributed by atoms with Crippen LogP contribution < -0.4 is 7.22 Å². The molecule has 0 fully saturated rings. The second-order valence-electron chi connectivity index (χ2n) is 4.48. The Morgan fingerprint density at radius 1 is 0.842 bits per heavy atom. The molecule has 2 aromatic carbocycles. The first-order valence-corrected chi connectivity index (χ1v) is 10.6. The predicted molar refractivity (Wildman–Crippen MR) is 86.6 cm³/mol. The van der Waals surface area contributed by atoms with Gasteiger partial charge in [-0.2, -0.15) is 0 Å². The summed E-state index contributed by atoms with van der Waals surface area (Å²) >= 11 is -1.52. The maximum absolute atomic E-state index is 2.52. The van der Waals surface area contributed by atoms with Crippen molar-refractivity contribution in [2.24, 2.45) is 0 Å². The van der Waals surface area contributed by atoms with E-state index in [1.54, 1.807) is 0 Å². The van der Waals surface area contributed by atoms with Crippen molar-refractivity contribution in [3.8, 4) is 0 Å². The van der Waals surface area contributed by atoms with Gasteiger partial charge in [-0.3, -0.25) is 0 Å². The van der Waals surface area contributed by atoms with Gasteiger partial charge in [-0.1, -0.05) is 0 Å². The van der Waals surface area contributed by atoms with Crippen molar-refractivity contribution in [1.29, 1.82) is 0 Å². The summed E-state index contributed by atoms with van der Waals surface area (Å²) in [4.78, 5) is 0. The van der Waals surface area contributed by atoms with Gasteiger partial charge >= 0.3 is 124 Å². The number of rotatable bonds is 6. The van der Waals surface area contributed by atoms with Crippen LogP contribution in [0.2, 0.25) is 0 Å². The molecule has 0 aliphatic carbocycles. The van der Waals surface area contributed by atoms with Crippen LogP contribution in [0.4, 0.5) is 0 Å². The number of hydrogen-bond acceptors (Lipinski definition) is 0. The van der Waals surface area contributed by atoms with Gasteiger partial charge in [-0.15, -0.1) is 0 Å². The molecule has 0 radical (unpaired) electrons. The van der Waals surface area contributed by atoms with Crippen LogP contribution in [0.1, 0.15) is 26.2 Å². The molecule has 0 heterocycles. The Labute approximate surface area is 123 Å². The second kappa shape index (κ2) is 8.20. The van der Waals surface area contributed by atoms with Gasteiger partial charge in [0.05, 0.1) is 0 Å². The monoisotopic (exact) mass is 367 g/mol. The zero-order chi connectivity index (χ0) is 13.3. The van der Waals surface area contributed by atoms with E-state index >= 15 is 0 Å². The van der Waals surface area contributed by atoms with Crippen molar-refractivity contribution >= 4 is 26.8 Å². The summed E-state index contributed by atoms with van der Waals surface area (Å²) in [5.41, 5.74) is 0. The first kappa shape index (κ1) is 14.4. The average molecular weight is 365 g/mol. The quantitative estimate of drug-likeness (QED) is 0.543. The van der Waals surface area contributed by atoms with Crippen LogP contribution in [0.5, 0.6) is 0 Å². The fraction of sp³-hybridized carbons (Fsp3) is 0.222. The van der Waals surface area contributed by atoms with Crippen molar-refractivity contribution in [1.82, 2.24) is 0 Å². The van der Waals surface area contributed by atoms with E-state index in [2.05, 4.69) is 77.8 Å². The molecule has 0 atom stereocenters. The zero-order valence-corrected chi connectivity index (χ0v) is 13.8. The summed E-state index contributed by atoms with van der Waals surface area (Å²) in [7, 11) is 0. The topological polar surface area (TPSA) is 0 Å². The van der Waals surface area contributed by atoms with Gasteiger partial charge in [0.2, 0.25) is 0 Å². The van der Waals surface area contributed by atoms with Crippen LogP contribution in [0, 0.1) is 0 Å². The third-order valence-corrected chi connectivity index (χ3v) is 8.73. The van der Waals surface area contributed by atoms with Gasteiger partial charge in [0.15, 0.2) is 0 Å². The Morgan fingerprint density at radius 2 is 1.37 bits per heavy atom. The molecule has 0 amide bonds. The van der Waals surface area contributed by atoms with E-state index in [0.717, 1.165) is 0 Å². The molecule has 2 aromatic rings.